The lowest BCUT2D eigenvalue weighted by Gasteiger charge is -2.44. The molecule has 2 heteroatoms. The maximum absolute atomic E-state index is 6.79. The van der Waals surface area contributed by atoms with Crippen LogP contribution < -0.4 is 0 Å². The Balaban J connectivity index is 1.75. The Bertz CT molecular complexity index is 722. The van der Waals surface area contributed by atoms with Crippen LogP contribution >= 0.6 is 0 Å². The SMILES string of the molecule is C=C1CC[C@H](O[Si](C)(C)C(C)(C)C)CC1=CC=C1CCC[C@]2(C)[C@@H]([C@@H](C)CC)CC[C@@H]12. The molecule has 3 rings (SSSR count). The van der Waals surface area contributed by atoms with Gasteiger partial charge in [0.2, 0.25) is 0 Å². The van der Waals surface area contributed by atoms with E-state index in [0.717, 1.165) is 37.0 Å². The van der Waals surface area contributed by atoms with E-state index in [0.29, 0.717) is 11.5 Å². The summed E-state index contributed by atoms with van der Waals surface area (Å²) in [7, 11) is -1.72. The Kier molecular flexibility index (Phi) is 7.54. The highest BCUT2D eigenvalue weighted by Gasteiger charge is 2.50. The monoisotopic (exact) mass is 442 g/mol. The van der Waals surface area contributed by atoms with E-state index in [1.165, 1.54) is 49.7 Å². The molecule has 3 aliphatic carbocycles. The van der Waals surface area contributed by atoms with E-state index in [-0.39, 0.29) is 5.04 Å². The van der Waals surface area contributed by atoms with Gasteiger partial charge in [-0.3, -0.25) is 0 Å². The quantitative estimate of drug-likeness (QED) is 0.385. The lowest BCUT2D eigenvalue weighted by molar-refractivity contribution is 0.0961. The first-order valence-electron chi connectivity index (χ1n) is 13.1. The number of hydrogen-bond acceptors (Lipinski definition) is 1. The maximum Gasteiger partial charge on any atom is 0.192 e. The molecule has 5 atom stereocenters. The number of hydrogen-bond donors (Lipinski definition) is 0. The van der Waals surface area contributed by atoms with Gasteiger partial charge in [-0.1, -0.05) is 77.8 Å². The van der Waals surface area contributed by atoms with Gasteiger partial charge in [-0.2, -0.15) is 0 Å². The topological polar surface area (TPSA) is 9.23 Å². The fourth-order valence-corrected chi connectivity index (χ4v) is 7.96. The molecule has 0 unspecified atom stereocenters. The molecule has 0 aromatic carbocycles. The highest BCUT2D eigenvalue weighted by molar-refractivity contribution is 6.74. The summed E-state index contributed by atoms with van der Waals surface area (Å²) in [6, 6.07) is 0. The third-order valence-electron chi connectivity index (χ3n) is 9.80. The summed E-state index contributed by atoms with van der Waals surface area (Å²) in [4.78, 5) is 0. The highest BCUT2D eigenvalue weighted by atomic mass is 28.4. The Morgan fingerprint density at radius 1 is 1.16 bits per heavy atom. The van der Waals surface area contributed by atoms with Crippen molar-refractivity contribution in [3.05, 3.63) is 35.5 Å². The molecule has 0 bridgehead atoms. The van der Waals surface area contributed by atoms with Gasteiger partial charge in [0.25, 0.3) is 0 Å². The fourth-order valence-electron chi connectivity index (χ4n) is 6.57. The molecule has 3 aliphatic rings. The Morgan fingerprint density at radius 3 is 2.52 bits per heavy atom. The minimum absolute atomic E-state index is 0.272. The summed E-state index contributed by atoms with van der Waals surface area (Å²) >= 11 is 0. The number of allylic oxidation sites excluding steroid dienone is 4. The van der Waals surface area contributed by atoms with Gasteiger partial charge < -0.3 is 4.43 Å². The molecule has 0 amide bonds. The highest BCUT2D eigenvalue weighted by Crippen LogP contribution is 2.59. The van der Waals surface area contributed by atoms with Gasteiger partial charge >= 0.3 is 0 Å². The van der Waals surface area contributed by atoms with E-state index in [4.69, 9.17) is 4.43 Å². The summed E-state index contributed by atoms with van der Waals surface area (Å²) in [6.07, 6.45) is 16.9. The summed E-state index contributed by atoms with van der Waals surface area (Å²) in [5, 5.41) is 0.272. The van der Waals surface area contributed by atoms with Crippen molar-refractivity contribution >= 4 is 8.32 Å². The van der Waals surface area contributed by atoms with E-state index in [9.17, 15) is 0 Å². The molecule has 0 spiro atoms. The third-order valence-corrected chi connectivity index (χ3v) is 14.3. The second kappa shape index (κ2) is 9.33. The zero-order chi connectivity index (χ0) is 23.0. The van der Waals surface area contributed by atoms with Crippen LogP contribution in [0.2, 0.25) is 18.1 Å². The lowest BCUT2D eigenvalue weighted by Crippen LogP contribution is -2.44. The van der Waals surface area contributed by atoms with Crippen molar-refractivity contribution in [3.63, 3.8) is 0 Å². The average molecular weight is 443 g/mol. The Morgan fingerprint density at radius 2 is 1.87 bits per heavy atom. The van der Waals surface area contributed by atoms with Gasteiger partial charge in [0.15, 0.2) is 8.32 Å². The Labute approximate surface area is 194 Å². The van der Waals surface area contributed by atoms with Crippen LogP contribution in [0.5, 0.6) is 0 Å². The van der Waals surface area contributed by atoms with Crippen molar-refractivity contribution in [2.75, 3.05) is 0 Å². The molecule has 0 heterocycles. The zero-order valence-corrected chi connectivity index (χ0v) is 22.9. The first-order chi connectivity index (χ1) is 14.4. The largest absolute Gasteiger partial charge is 0.414 e. The van der Waals surface area contributed by atoms with Gasteiger partial charge in [-0.05, 0) is 98.2 Å². The van der Waals surface area contributed by atoms with Crippen LogP contribution in [-0.4, -0.2) is 14.4 Å². The molecular formula is C29H50OSi. The van der Waals surface area contributed by atoms with Crippen molar-refractivity contribution in [1.82, 2.24) is 0 Å². The van der Waals surface area contributed by atoms with Crippen molar-refractivity contribution in [3.8, 4) is 0 Å². The Hall–Kier alpha value is -0.603. The van der Waals surface area contributed by atoms with Crippen molar-refractivity contribution in [1.29, 1.82) is 0 Å². The van der Waals surface area contributed by atoms with Crippen LogP contribution in [0.3, 0.4) is 0 Å². The predicted octanol–water partition coefficient (Wildman–Crippen LogP) is 9.23. The summed E-state index contributed by atoms with van der Waals surface area (Å²) < 4.78 is 6.79. The van der Waals surface area contributed by atoms with E-state index >= 15 is 0 Å². The molecule has 0 aromatic rings. The van der Waals surface area contributed by atoms with E-state index in [1.54, 1.807) is 5.57 Å². The van der Waals surface area contributed by atoms with Gasteiger partial charge in [-0.15, -0.1) is 0 Å². The van der Waals surface area contributed by atoms with Gasteiger partial charge in [0, 0.05) is 6.10 Å². The van der Waals surface area contributed by atoms with Gasteiger partial charge in [0.1, 0.15) is 0 Å². The minimum Gasteiger partial charge on any atom is -0.414 e. The van der Waals surface area contributed by atoms with Crippen LogP contribution in [0.4, 0.5) is 0 Å². The average Bonchev–Trinajstić information content (AvgIpc) is 3.04. The molecule has 3 fully saturated rings. The second-order valence-electron chi connectivity index (χ2n) is 12.8. The van der Waals surface area contributed by atoms with Crippen LogP contribution in [0, 0.1) is 23.2 Å². The molecule has 3 saturated carbocycles. The summed E-state index contributed by atoms with van der Waals surface area (Å²) in [6.45, 7) is 23.7. The summed E-state index contributed by atoms with van der Waals surface area (Å²) in [5.41, 5.74) is 5.04. The van der Waals surface area contributed by atoms with Gasteiger partial charge in [0.05, 0.1) is 0 Å². The zero-order valence-electron chi connectivity index (χ0n) is 21.9. The van der Waals surface area contributed by atoms with Crippen molar-refractivity contribution in [2.45, 2.75) is 124 Å². The first kappa shape index (κ1) is 25.0. The maximum atomic E-state index is 6.79. The van der Waals surface area contributed by atoms with Crippen LogP contribution in [0.25, 0.3) is 0 Å². The molecule has 176 valence electrons. The van der Waals surface area contributed by atoms with Crippen LogP contribution in [0.15, 0.2) is 35.5 Å². The van der Waals surface area contributed by atoms with E-state index in [2.05, 4.69) is 73.4 Å². The van der Waals surface area contributed by atoms with E-state index < -0.39 is 8.32 Å². The number of fused-ring (bicyclic) bond motifs is 1. The van der Waals surface area contributed by atoms with E-state index in [1.807, 2.05) is 0 Å². The van der Waals surface area contributed by atoms with Crippen molar-refractivity contribution < 1.29 is 4.43 Å². The lowest BCUT2D eigenvalue weighted by atomic mass is 9.61. The van der Waals surface area contributed by atoms with Gasteiger partial charge in [-0.25, -0.2) is 0 Å². The molecule has 0 saturated heterocycles. The van der Waals surface area contributed by atoms with Crippen molar-refractivity contribution in [2.24, 2.45) is 23.2 Å². The van der Waals surface area contributed by atoms with Crippen LogP contribution in [0.1, 0.15) is 99.3 Å². The molecule has 0 N–H and O–H groups in total. The van der Waals surface area contributed by atoms with Crippen LogP contribution in [-0.2, 0) is 4.43 Å². The minimum atomic E-state index is -1.72. The predicted molar refractivity (Wildman–Crippen MR) is 139 cm³/mol. The smallest absolute Gasteiger partial charge is 0.192 e. The molecule has 31 heavy (non-hydrogen) atoms. The standard InChI is InChI=1S/C29H50OSi/c1-10-21(2)26-17-18-27-23(12-11-19-29(26,27)7)14-15-24-20-25(16-13-22(24)3)30-31(8,9)28(4,5)6/h14-15,21,25-27H,3,10-13,16-20H2,1-2,4-9H3/t21-,25-,26+,27-,29+/m0/s1. The molecule has 0 radical (unpaired) electrons. The second-order valence-corrected chi connectivity index (χ2v) is 17.5. The number of rotatable bonds is 5. The molecule has 0 aromatic heterocycles. The molecule has 1 nitrogen and oxygen atoms in total. The summed E-state index contributed by atoms with van der Waals surface area (Å²) in [5.74, 6) is 2.57. The fraction of sp³-hybridized carbons (Fsp3) is 0.793. The molecule has 0 aliphatic heterocycles. The third kappa shape index (κ3) is 5.16. The first-order valence-corrected chi connectivity index (χ1v) is 16.1. The molecular weight excluding hydrogens is 392 g/mol. The normalized spacial score (nSPS) is 36.1.